The largest absolute Gasteiger partial charge is 0.325 e. The number of nitrogens with zero attached hydrogens (tertiary/aromatic N) is 1. The summed E-state index contributed by atoms with van der Waals surface area (Å²) in [6.07, 6.45) is 6.74. The molecule has 0 radical (unpaired) electrons. The number of carbonyl (C=O) groups excluding carboxylic acids is 2. The quantitative estimate of drug-likeness (QED) is 0.741. The van der Waals surface area contributed by atoms with Gasteiger partial charge in [0.25, 0.3) is 0 Å². The van der Waals surface area contributed by atoms with Crippen molar-refractivity contribution < 1.29 is 9.59 Å². The summed E-state index contributed by atoms with van der Waals surface area (Å²) >= 11 is 13.3. The molecule has 2 N–H and O–H groups in total. The van der Waals surface area contributed by atoms with Crippen LogP contribution in [0.5, 0.6) is 0 Å². The van der Waals surface area contributed by atoms with Crippen molar-refractivity contribution in [3.63, 3.8) is 0 Å². The van der Waals surface area contributed by atoms with E-state index in [1.54, 1.807) is 18.2 Å². The average Bonchev–Trinajstić information content (AvgIpc) is 3.28. The van der Waals surface area contributed by atoms with Crippen LogP contribution in [-0.2, 0) is 9.59 Å². The number of anilines is 1. The Hall–Kier alpha value is -1.50. The minimum atomic E-state index is -0.485. The smallest absolute Gasteiger partial charge is 0.240 e. The molecule has 2 amide bonds. The molecule has 26 heavy (non-hydrogen) atoms. The van der Waals surface area contributed by atoms with Crippen molar-refractivity contribution in [1.29, 1.82) is 0 Å². The molecule has 0 spiro atoms. The van der Waals surface area contributed by atoms with Gasteiger partial charge >= 0.3 is 0 Å². The van der Waals surface area contributed by atoms with Crippen LogP contribution in [0.3, 0.4) is 0 Å². The number of amidine groups is 1. The Morgan fingerprint density at radius 2 is 2.15 bits per heavy atom. The number of carbonyl (C=O) groups is 2. The Balaban J connectivity index is 1.36. The van der Waals surface area contributed by atoms with Crippen molar-refractivity contribution in [2.24, 2.45) is 16.8 Å². The summed E-state index contributed by atoms with van der Waals surface area (Å²) in [6, 6.07) is 5.09. The van der Waals surface area contributed by atoms with Gasteiger partial charge in [0.2, 0.25) is 11.8 Å². The first-order chi connectivity index (χ1) is 12.5. The lowest BCUT2D eigenvalue weighted by Gasteiger charge is -2.13. The number of hydrogen-bond acceptors (Lipinski definition) is 4. The van der Waals surface area contributed by atoms with Gasteiger partial charge in [0, 0.05) is 11.4 Å². The zero-order valence-corrected chi connectivity index (χ0v) is 16.1. The molecule has 136 valence electrons. The number of nitrogens with one attached hydrogen (secondary N) is 2. The van der Waals surface area contributed by atoms with Gasteiger partial charge in [-0.05, 0) is 42.9 Å². The maximum Gasteiger partial charge on any atom is 0.240 e. The van der Waals surface area contributed by atoms with E-state index in [1.165, 1.54) is 11.8 Å². The van der Waals surface area contributed by atoms with Crippen LogP contribution >= 0.6 is 35.0 Å². The van der Waals surface area contributed by atoms with Crippen molar-refractivity contribution in [1.82, 2.24) is 5.32 Å². The number of hydrogen-bond donors (Lipinski definition) is 2. The highest BCUT2D eigenvalue weighted by molar-refractivity contribution is 8.15. The monoisotopic (exact) mass is 409 g/mol. The van der Waals surface area contributed by atoms with Gasteiger partial charge in [0.05, 0.1) is 16.8 Å². The highest BCUT2D eigenvalue weighted by Crippen LogP contribution is 2.41. The molecular formula is C18H17Cl2N3O2S. The molecule has 1 aromatic carbocycles. The summed E-state index contributed by atoms with van der Waals surface area (Å²) < 4.78 is 0. The third-order valence-electron chi connectivity index (χ3n) is 4.88. The molecule has 1 saturated heterocycles. The first-order valence-electron chi connectivity index (χ1n) is 8.46. The molecule has 0 aromatic heterocycles. The molecule has 5 nitrogen and oxygen atoms in total. The SMILES string of the molecule is O=C(C[C@H]1SC(=N[C@@H]2C[C@H]3C=C[C@H]2C3)NC1=O)Nc1cc(Cl)ccc1Cl. The molecule has 2 bridgehead atoms. The number of rotatable bonds is 4. The van der Waals surface area contributed by atoms with E-state index >= 15 is 0 Å². The number of allylic oxidation sites excluding steroid dienone is 1. The molecule has 2 fully saturated rings. The zero-order chi connectivity index (χ0) is 18.3. The van der Waals surface area contributed by atoms with Crippen molar-refractivity contribution in [2.45, 2.75) is 30.6 Å². The number of thioether (sulfide) groups is 1. The predicted octanol–water partition coefficient (Wildman–Crippen LogP) is 3.87. The Morgan fingerprint density at radius 3 is 2.88 bits per heavy atom. The lowest BCUT2D eigenvalue weighted by molar-refractivity contribution is -0.122. The molecule has 2 aliphatic carbocycles. The summed E-state index contributed by atoms with van der Waals surface area (Å²) in [5, 5.41) is 6.53. The van der Waals surface area contributed by atoms with E-state index in [1.807, 2.05) is 0 Å². The van der Waals surface area contributed by atoms with E-state index in [9.17, 15) is 9.59 Å². The summed E-state index contributed by atoms with van der Waals surface area (Å²) in [4.78, 5) is 29.2. The van der Waals surface area contributed by atoms with Gasteiger partial charge in [-0.2, -0.15) is 0 Å². The molecule has 3 aliphatic rings. The van der Waals surface area contributed by atoms with Gasteiger partial charge in [0.15, 0.2) is 5.17 Å². The lowest BCUT2D eigenvalue weighted by Crippen LogP contribution is -2.28. The number of benzene rings is 1. The highest BCUT2D eigenvalue weighted by atomic mass is 35.5. The van der Waals surface area contributed by atoms with Crippen LogP contribution in [0.25, 0.3) is 0 Å². The summed E-state index contributed by atoms with van der Waals surface area (Å²) in [7, 11) is 0. The Kier molecular flexibility index (Phi) is 4.99. The Morgan fingerprint density at radius 1 is 1.31 bits per heavy atom. The van der Waals surface area contributed by atoms with Crippen molar-refractivity contribution in [3.8, 4) is 0 Å². The second-order valence-corrected chi connectivity index (χ2v) is 8.79. The van der Waals surface area contributed by atoms with Crippen LogP contribution in [0.4, 0.5) is 5.69 Å². The predicted molar refractivity (Wildman–Crippen MR) is 106 cm³/mol. The first kappa shape index (κ1) is 17.9. The van der Waals surface area contributed by atoms with Crippen LogP contribution in [0, 0.1) is 11.8 Å². The van der Waals surface area contributed by atoms with Gasteiger partial charge in [-0.25, -0.2) is 0 Å². The summed E-state index contributed by atoms with van der Waals surface area (Å²) in [6.45, 7) is 0. The van der Waals surface area contributed by atoms with Crippen molar-refractivity contribution in [3.05, 3.63) is 40.4 Å². The van der Waals surface area contributed by atoms with Crippen molar-refractivity contribution >= 4 is 57.6 Å². The average molecular weight is 410 g/mol. The third kappa shape index (κ3) is 3.77. The second-order valence-electron chi connectivity index (χ2n) is 6.75. The van der Waals surface area contributed by atoms with Crippen molar-refractivity contribution in [2.75, 3.05) is 5.32 Å². The molecule has 1 saturated carbocycles. The fourth-order valence-electron chi connectivity index (χ4n) is 3.61. The van der Waals surface area contributed by atoms with Gasteiger partial charge in [-0.15, -0.1) is 0 Å². The van der Waals surface area contributed by atoms with Crippen LogP contribution in [0.2, 0.25) is 10.0 Å². The number of amides is 2. The topological polar surface area (TPSA) is 70.6 Å². The van der Waals surface area contributed by atoms with Crippen LogP contribution in [0.1, 0.15) is 19.3 Å². The normalized spacial score (nSPS) is 30.8. The molecule has 4 rings (SSSR count). The summed E-state index contributed by atoms with van der Waals surface area (Å²) in [5.74, 6) is 0.642. The van der Waals surface area contributed by atoms with Gasteiger partial charge in [0.1, 0.15) is 5.25 Å². The van der Waals surface area contributed by atoms with E-state index in [2.05, 4.69) is 22.8 Å². The van der Waals surface area contributed by atoms with E-state index in [0.29, 0.717) is 32.7 Å². The fourth-order valence-corrected chi connectivity index (χ4v) is 4.98. The highest BCUT2D eigenvalue weighted by Gasteiger charge is 2.38. The minimum Gasteiger partial charge on any atom is -0.325 e. The number of fused-ring (bicyclic) bond motifs is 2. The van der Waals surface area contributed by atoms with Crippen LogP contribution in [0.15, 0.2) is 35.3 Å². The fraction of sp³-hybridized carbons (Fsp3) is 0.389. The Bertz CT molecular complexity index is 827. The van der Waals surface area contributed by atoms with Crippen LogP contribution < -0.4 is 10.6 Å². The van der Waals surface area contributed by atoms with E-state index in [-0.39, 0.29) is 24.3 Å². The van der Waals surface area contributed by atoms with Gasteiger partial charge in [-0.1, -0.05) is 47.1 Å². The van der Waals surface area contributed by atoms with Gasteiger partial charge < -0.3 is 10.6 Å². The minimum absolute atomic E-state index is 0.0506. The number of aliphatic imine (C=N–C) groups is 1. The summed E-state index contributed by atoms with van der Waals surface area (Å²) in [5.41, 5.74) is 0.440. The molecule has 1 heterocycles. The number of halogens is 2. The molecule has 1 aliphatic heterocycles. The van der Waals surface area contributed by atoms with E-state index in [4.69, 9.17) is 28.2 Å². The Labute approximate surface area is 165 Å². The molecule has 4 atom stereocenters. The zero-order valence-electron chi connectivity index (χ0n) is 13.7. The maximum absolute atomic E-state index is 12.3. The van der Waals surface area contributed by atoms with E-state index in [0.717, 1.165) is 12.8 Å². The second kappa shape index (κ2) is 7.25. The first-order valence-corrected chi connectivity index (χ1v) is 10.1. The molecular weight excluding hydrogens is 393 g/mol. The third-order valence-corrected chi connectivity index (χ3v) is 6.54. The maximum atomic E-state index is 12.3. The molecule has 0 unspecified atom stereocenters. The van der Waals surface area contributed by atoms with Gasteiger partial charge in [-0.3, -0.25) is 14.6 Å². The van der Waals surface area contributed by atoms with Crippen LogP contribution in [-0.4, -0.2) is 28.3 Å². The molecule has 1 aromatic rings. The lowest BCUT2D eigenvalue weighted by atomic mass is 10.0. The van der Waals surface area contributed by atoms with E-state index < -0.39 is 5.25 Å². The molecule has 8 heteroatoms. The standard InChI is InChI=1S/C18H17Cl2N3O2S/c19-11-3-4-12(20)14(7-11)21-16(24)8-15-17(25)23-18(26-15)22-13-6-9-1-2-10(13)5-9/h1-4,7,9-10,13,15H,5-6,8H2,(H,21,24)(H,22,23,25)/t9-,10-,13+,15+/m0/s1.